The molecule has 2 aromatic rings. The molecular formula is C15H18N2O3. The molecule has 2 rings (SSSR count). The van der Waals surface area contributed by atoms with E-state index in [9.17, 15) is 4.79 Å². The number of anilines is 1. The maximum Gasteiger partial charge on any atom is 0.343 e. The molecule has 20 heavy (non-hydrogen) atoms. The van der Waals surface area contributed by atoms with Gasteiger partial charge in [0, 0.05) is 24.6 Å². The smallest absolute Gasteiger partial charge is 0.343 e. The number of benzene rings is 1. The maximum atomic E-state index is 11.0. The molecular weight excluding hydrogens is 256 g/mol. The number of esters is 1. The van der Waals surface area contributed by atoms with Gasteiger partial charge in [0.25, 0.3) is 0 Å². The molecule has 0 bridgehead atoms. The van der Waals surface area contributed by atoms with Crippen LogP contribution in [0.4, 0.5) is 5.69 Å². The average Bonchev–Trinajstić information content (AvgIpc) is 2.89. The molecule has 0 atom stereocenters. The van der Waals surface area contributed by atoms with Crippen LogP contribution in [-0.2, 0) is 23.1 Å². The molecule has 1 aromatic heterocycles. The summed E-state index contributed by atoms with van der Waals surface area (Å²) in [6.45, 7) is 0.679. The van der Waals surface area contributed by atoms with E-state index in [4.69, 9.17) is 4.74 Å². The van der Waals surface area contributed by atoms with Crippen molar-refractivity contribution in [2.45, 2.75) is 6.54 Å². The number of hydrogen-bond acceptors (Lipinski definition) is 4. The van der Waals surface area contributed by atoms with Crippen LogP contribution in [0.3, 0.4) is 0 Å². The Morgan fingerprint density at radius 3 is 2.60 bits per heavy atom. The third-order valence-corrected chi connectivity index (χ3v) is 2.96. The van der Waals surface area contributed by atoms with Gasteiger partial charge in [-0.15, -0.1) is 0 Å². The second-order valence-electron chi connectivity index (χ2n) is 4.35. The van der Waals surface area contributed by atoms with E-state index in [0.717, 1.165) is 12.2 Å². The lowest BCUT2D eigenvalue weighted by Crippen LogP contribution is -2.12. The second-order valence-corrected chi connectivity index (χ2v) is 4.35. The molecule has 106 valence electrons. The van der Waals surface area contributed by atoms with Crippen molar-refractivity contribution in [2.75, 3.05) is 19.0 Å². The summed E-state index contributed by atoms with van der Waals surface area (Å²) >= 11 is 0. The van der Waals surface area contributed by atoms with Crippen LogP contribution in [-0.4, -0.2) is 24.3 Å². The number of hydrogen-bond donors (Lipinski definition) is 1. The van der Waals surface area contributed by atoms with Crippen LogP contribution in [0.1, 0.15) is 5.69 Å². The Hall–Kier alpha value is -2.43. The van der Waals surface area contributed by atoms with Crippen molar-refractivity contribution >= 4 is 11.7 Å². The molecule has 0 unspecified atom stereocenters. The highest BCUT2D eigenvalue weighted by Gasteiger charge is 2.02. The average molecular weight is 274 g/mol. The normalized spacial score (nSPS) is 10.1. The van der Waals surface area contributed by atoms with Crippen LogP contribution >= 0.6 is 0 Å². The molecule has 5 nitrogen and oxygen atoms in total. The predicted octanol–water partition coefficient (Wildman–Crippen LogP) is 2.19. The minimum absolute atomic E-state index is 0.0768. The lowest BCUT2D eigenvalue weighted by Gasteiger charge is -2.09. The number of nitrogens with zero attached hydrogens (tertiary/aromatic N) is 1. The van der Waals surface area contributed by atoms with Crippen LogP contribution in [0.15, 0.2) is 42.6 Å². The Balaban J connectivity index is 1.85. The zero-order chi connectivity index (χ0) is 14.4. The zero-order valence-corrected chi connectivity index (χ0v) is 11.6. The molecule has 0 aliphatic carbocycles. The van der Waals surface area contributed by atoms with Gasteiger partial charge in [0.2, 0.25) is 0 Å². The van der Waals surface area contributed by atoms with Gasteiger partial charge >= 0.3 is 5.97 Å². The number of rotatable bonds is 6. The second kappa shape index (κ2) is 6.65. The number of ether oxygens (including phenoxy) is 2. The zero-order valence-electron chi connectivity index (χ0n) is 11.6. The minimum atomic E-state index is -0.393. The fourth-order valence-electron chi connectivity index (χ4n) is 1.74. The molecule has 0 saturated carbocycles. The first-order chi connectivity index (χ1) is 9.69. The molecule has 0 saturated heterocycles. The summed E-state index contributed by atoms with van der Waals surface area (Å²) < 4.78 is 11.9. The fourth-order valence-corrected chi connectivity index (χ4v) is 1.74. The van der Waals surface area contributed by atoms with Crippen LogP contribution in [0.2, 0.25) is 0 Å². The van der Waals surface area contributed by atoms with Gasteiger partial charge in [-0.2, -0.15) is 0 Å². The molecule has 1 N–H and O–H groups in total. The summed E-state index contributed by atoms with van der Waals surface area (Å²) in [7, 11) is 3.35. The highest BCUT2D eigenvalue weighted by atomic mass is 16.6. The Morgan fingerprint density at radius 2 is 2.00 bits per heavy atom. The van der Waals surface area contributed by atoms with Gasteiger partial charge in [0.1, 0.15) is 5.75 Å². The van der Waals surface area contributed by atoms with E-state index in [1.165, 1.54) is 12.8 Å². The van der Waals surface area contributed by atoms with Gasteiger partial charge in [-0.1, -0.05) is 0 Å². The highest BCUT2D eigenvalue weighted by molar-refractivity contribution is 5.70. The fraction of sp³-hybridized carbons (Fsp3) is 0.267. The Morgan fingerprint density at radius 1 is 1.25 bits per heavy atom. The number of carbonyl (C=O) groups excluding carboxylic acids is 1. The van der Waals surface area contributed by atoms with Crippen molar-refractivity contribution < 1.29 is 14.3 Å². The predicted molar refractivity (Wildman–Crippen MR) is 76.7 cm³/mol. The topological polar surface area (TPSA) is 52.5 Å². The summed E-state index contributed by atoms with van der Waals surface area (Å²) in [6.07, 6.45) is 2.01. The first kappa shape index (κ1) is 14.0. The highest BCUT2D eigenvalue weighted by Crippen LogP contribution is 2.16. The summed E-state index contributed by atoms with van der Waals surface area (Å²) in [5.74, 6) is 0.246. The maximum absolute atomic E-state index is 11.0. The van der Waals surface area contributed by atoms with Gasteiger partial charge in [-0.05, 0) is 36.4 Å². The van der Waals surface area contributed by atoms with E-state index in [-0.39, 0.29) is 6.61 Å². The van der Waals surface area contributed by atoms with Crippen molar-refractivity contribution in [2.24, 2.45) is 7.05 Å². The molecule has 0 radical (unpaired) electrons. The van der Waals surface area contributed by atoms with Crippen molar-refractivity contribution in [3.05, 3.63) is 48.3 Å². The van der Waals surface area contributed by atoms with E-state index < -0.39 is 5.97 Å². The monoisotopic (exact) mass is 274 g/mol. The largest absolute Gasteiger partial charge is 0.482 e. The molecule has 0 amide bonds. The quantitative estimate of drug-likeness (QED) is 0.820. The van der Waals surface area contributed by atoms with Gasteiger partial charge in [-0.3, -0.25) is 0 Å². The van der Waals surface area contributed by atoms with Gasteiger partial charge in [-0.25, -0.2) is 4.79 Å². The van der Waals surface area contributed by atoms with Crippen molar-refractivity contribution in [3.8, 4) is 5.75 Å². The number of nitrogens with one attached hydrogen (secondary N) is 1. The van der Waals surface area contributed by atoms with Crippen LogP contribution in [0, 0.1) is 0 Å². The first-order valence-electron chi connectivity index (χ1n) is 6.33. The van der Waals surface area contributed by atoms with Crippen molar-refractivity contribution in [3.63, 3.8) is 0 Å². The van der Waals surface area contributed by atoms with Gasteiger partial charge in [0.15, 0.2) is 6.61 Å². The lowest BCUT2D eigenvalue weighted by atomic mass is 10.3. The molecule has 0 aliphatic rings. The molecule has 5 heteroatoms. The molecule has 0 fully saturated rings. The summed E-state index contributed by atoms with van der Waals surface area (Å²) in [5.41, 5.74) is 2.20. The molecule has 0 spiro atoms. The third-order valence-electron chi connectivity index (χ3n) is 2.96. The lowest BCUT2D eigenvalue weighted by molar-refractivity contribution is -0.142. The van der Waals surface area contributed by atoms with E-state index in [1.807, 2.05) is 43.6 Å². The van der Waals surface area contributed by atoms with E-state index in [2.05, 4.69) is 20.7 Å². The van der Waals surface area contributed by atoms with E-state index in [1.54, 1.807) is 0 Å². The van der Waals surface area contributed by atoms with E-state index in [0.29, 0.717) is 5.75 Å². The van der Waals surface area contributed by atoms with Gasteiger partial charge in [0.05, 0.1) is 13.7 Å². The summed E-state index contributed by atoms with van der Waals surface area (Å²) in [5, 5.41) is 3.32. The standard InChI is InChI=1S/C15H18N2O3/c1-17-9-3-4-13(17)10-16-12-5-7-14(8-6-12)20-11-15(18)19-2/h3-9,16H,10-11H2,1-2H3. The Labute approximate surface area is 118 Å². The van der Waals surface area contributed by atoms with Crippen LogP contribution < -0.4 is 10.1 Å². The Bertz CT molecular complexity index is 561. The number of methoxy groups -OCH3 is 1. The molecule has 1 heterocycles. The van der Waals surface area contributed by atoms with Crippen LogP contribution in [0.25, 0.3) is 0 Å². The van der Waals surface area contributed by atoms with E-state index >= 15 is 0 Å². The van der Waals surface area contributed by atoms with Gasteiger partial charge < -0.3 is 19.4 Å². The number of aryl methyl sites for hydroxylation is 1. The number of carbonyl (C=O) groups is 1. The van der Waals surface area contributed by atoms with Crippen molar-refractivity contribution in [1.82, 2.24) is 4.57 Å². The summed E-state index contributed by atoms with van der Waals surface area (Å²) in [4.78, 5) is 11.0. The SMILES string of the molecule is COC(=O)COc1ccc(NCc2cccn2C)cc1. The minimum Gasteiger partial charge on any atom is -0.482 e. The summed E-state index contributed by atoms with van der Waals surface area (Å²) in [6, 6.07) is 11.5. The van der Waals surface area contributed by atoms with Crippen LogP contribution in [0.5, 0.6) is 5.75 Å². The first-order valence-corrected chi connectivity index (χ1v) is 6.33. The third kappa shape index (κ3) is 3.78. The van der Waals surface area contributed by atoms with Crippen molar-refractivity contribution in [1.29, 1.82) is 0 Å². The number of aromatic nitrogens is 1. The molecule has 0 aliphatic heterocycles. The Kier molecular flexibility index (Phi) is 4.65. The molecule has 1 aromatic carbocycles.